The zero-order valence-corrected chi connectivity index (χ0v) is 19.1. The van der Waals surface area contributed by atoms with Crippen LogP contribution in [-0.4, -0.2) is 43.7 Å². The Morgan fingerprint density at radius 1 is 1.22 bits per heavy atom. The van der Waals surface area contributed by atoms with Gasteiger partial charge < -0.3 is 14.7 Å². The van der Waals surface area contributed by atoms with Crippen molar-refractivity contribution in [3.63, 3.8) is 0 Å². The molecule has 1 N–H and O–H groups in total. The molecule has 1 aliphatic heterocycles. The summed E-state index contributed by atoms with van der Waals surface area (Å²) in [6, 6.07) is 9.47. The summed E-state index contributed by atoms with van der Waals surface area (Å²) in [5, 5.41) is 17.1. The molecule has 2 aromatic heterocycles. The van der Waals surface area contributed by atoms with E-state index in [4.69, 9.17) is 4.52 Å². The second-order valence-corrected chi connectivity index (χ2v) is 9.42. The molecular formula is C22H25N7O2S. The molecule has 0 bridgehead atoms. The lowest BCUT2D eigenvalue weighted by Crippen LogP contribution is -2.34. The average Bonchev–Trinajstić information content (AvgIpc) is 3.30. The molecule has 3 heterocycles. The fraction of sp³-hybridized carbons (Fsp3) is 0.409. The van der Waals surface area contributed by atoms with Crippen molar-refractivity contribution >= 4 is 28.1 Å². The van der Waals surface area contributed by atoms with E-state index in [2.05, 4.69) is 36.4 Å². The van der Waals surface area contributed by atoms with Crippen LogP contribution < -0.4 is 10.2 Å². The van der Waals surface area contributed by atoms with E-state index in [1.165, 1.54) is 6.33 Å². The van der Waals surface area contributed by atoms with Crippen molar-refractivity contribution in [2.45, 2.75) is 43.4 Å². The zero-order chi connectivity index (χ0) is 22.7. The number of benzene rings is 1. The monoisotopic (exact) mass is 451 g/mol. The molecule has 1 saturated heterocycles. The van der Waals surface area contributed by atoms with Crippen LogP contribution in [0.3, 0.4) is 0 Å². The van der Waals surface area contributed by atoms with Crippen molar-refractivity contribution < 1.29 is 8.73 Å². The summed E-state index contributed by atoms with van der Waals surface area (Å²) >= 11 is 0. The molecule has 1 aliphatic rings. The Bertz CT molecular complexity index is 1150. The van der Waals surface area contributed by atoms with Crippen molar-refractivity contribution in [2.75, 3.05) is 29.6 Å². The SMILES string of the molecule is CC(C)c1noc(C2CCN(c3ncnc(Nc4ccc(S(C)=O)cc4)c3C#N)CC2)n1. The molecule has 166 valence electrons. The number of rotatable bonds is 6. The molecule has 1 unspecified atom stereocenters. The Kier molecular flexibility index (Phi) is 6.46. The molecule has 0 amide bonds. The minimum absolute atomic E-state index is 0.207. The normalized spacial score (nSPS) is 15.5. The van der Waals surface area contributed by atoms with Gasteiger partial charge in [0, 0.05) is 52.6 Å². The quantitative estimate of drug-likeness (QED) is 0.597. The van der Waals surface area contributed by atoms with Crippen molar-refractivity contribution in [2.24, 2.45) is 0 Å². The number of anilines is 3. The average molecular weight is 452 g/mol. The number of hydrogen-bond acceptors (Lipinski definition) is 9. The first kappa shape index (κ1) is 21.9. The van der Waals surface area contributed by atoms with Gasteiger partial charge in [-0.2, -0.15) is 10.2 Å². The van der Waals surface area contributed by atoms with Crippen LogP contribution in [0.15, 0.2) is 40.0 Å². The molecule has 1 fully saturated rings. The van der Waals surface area contributed by atoms with E-state index in [1.807, 2.05) is 26.0 Å². The van der Waals surface area contributed by atoms with E-state index < -0.39 is 10.8 Å². The Labute approximate surface area is 189 Å². The number of nitrogens with zero attached hydrogens (tertiary/aromatic N) is 6. The maximum absolute atomic E-state index is 11.6. The first-order valence-electron chi connectivity index (χ1n) is 10.5. The van der Waals surface area contributed by atoms with Crippen molar-refractivity contribution in [1.82, 2.24) is 20.1 Å². The first-order chi connectivity index (χ1) is 15.5. The van der Waals surface area contributed by atoms with Crippen LogP contribution in [0.4, 0.5) is 17.3 Å². The van der Waals surface area contributed by atoms with Gasteiger partial charge in [0.15, 0.2) is 17.5 Å². The fourth-order valence-corrected chi connectivity index (χ4v) is 4.19. The Morgan fingerprint density at radius 3 is 2.53 bits per heavy atom. The van der Waals surface area contributed by atoms with Gasteiger partial charge in [0.1, 0.15) is 18.0 Å². The summed E-state index contributed by atoms with van der Waals surface area (Å²) in [7, 11) is -1.04. The molecule has 0 aliphatic carbocycles. The summed E-state index contributed by atoms with van der Waals surface area (Å²) in [6.45, 7) is 5.54. The molecule has 32 heavy (non-hydrogen) atoms. The highest BCUT2D eigenvalue weighted by Gasteiger charge is 2.28. The summed E-state index contributed by atoms with van der Waals surface area (Å²) in [5.41, 5.74) is 1.16. The maximum atomic E-state index is 11.6. The van der Waals surface area contributed by atoms with E-state index in [-0.39, 0.29) is 11.8 Å². The van der Waals surface area contributed by atoms with E-state index in [0.717, 1.165) is 42.3 Å². The summed E-state index contributed by atoms with van der Waals surface area (Å²) in [6.07, 6.45) is 4.78. The van der Waals surface area contributed by atoms with Gasteiger partial charge in [-0.25, -0.2) is 9.97 Å². The second-order valence-electron chi connectivity index (χ2n) is 8.04. The van der Waals surface area contributed by atoms with Crippen LogP contribution in [-0.2, 0) is 10.8 Å². The van der Waals surface area contributed by atoms with Crippen LogP contribution in [0.5, 0.6) is 0 Å². The molecule has 4 rings (SSSR count). The Hall–Kier alpha value is -3.32. The number of piperidine rings is 1. The largest absolute Gasteiger partial charge is 0.355 e. The predicted molar refractivity (Wildman–Crippen MR) is 121 cm³/mol. The smallest absolute Gasteiger partial charge is 0.229 e. The third-order valence-corrected chi connectivity index (χ3v) is 6.44. The number of nitriles is 1. The standard InChI is InChI=1S/C22H25N7O2S/c1-14(2)19-27-22(31-28-19)15-8-10-29(11-9-15)21-18(12-23)20(24-13-25-21)26-16-4-6-17(7-5-16)32(3)30/h4-7,13-15H,8-11H2,1-3H3,(H,24,25,26). The molecular weight excluding hydrogens is 426 g/mol. The molecule has 9 nitrogen and oxygen atoms in total. The topological polar surface area (TPSA) is 121 Å². The second kappa shape index (κ2) is 9.44. The maximum Gasteiger partial charge on any atom is 0.229 e. The highest BCUT2D eigenvalue weighted by Crippen LogP contribution is 2.32. The van der Waals surface area contributed by atoms with Crippen LogP contribution in [0.25, 0.3) is 0 Å². The van der Waals surface area contributed by atoms with Crippen LogP contribution in [0, 0.1) is 11.3 Å². The molecule has 0 saturated carbocycles. The summed E-state index contributed by atoms with van der Waals surface area (Å²) in [5.74, 6) is 2.93. The minimum Gasteiger partial charge on any atom is -0.355 e. The van der Waals surface area contributed by atoms with Crippen LogP contribution in [0.2, 0.25) is 0 Å². The van der Waals surface area contributed by atoms with Crippen molar-refractivity contribution in [1.29, 1.82) is 5.26 Å². The predicted octanol–water partition coefficient (Wildman–Crippen LogP) is 3.72. The lowest BCUT2D eigenvalue weighted by Gasteiger charge is -2.31. The Balaban J connectivity index is 1.48. The fourth-order valence-electron chi connectivity index (χ4n) is 3.67. The van der Waals surface area contributed by atoms with Gasteiger partial charge in [-0.1, -0.05) is 19.0 Å². The zero-order valence-electron chi connectivity index (χ0n) is 18.3. The summed E-state index contributed by atoms with van der Waals surface area (Å²) in [4.78, 5) is 16.1. The molecule has 1 atom stereocenters. The highest BCUT2D eigenvalue weighted by molar-refractivity contribution is 7.84. The lowest BCUT2D eigenvalue weighted by molar-refractivity contribution is 0.325. The third-order valence-electron chi connectivity index (χ3n) is 5.51. The van der Waals surface area contributed by atoms with Crippen LogP contribution >= 0.6 is 0 Å². The van der Waals surface area contributed by atoms with Crippen molar-refractivity contribution in [3.05, 3.63) is 47.9 Å². The first-order valence-corrected chi connectivity index (χ1v) is 12.1. The van der Waals surface area contributed by atoms with E-state index in [9.17, 15) is 9.47 Å². The third kappa shape index (κ3) is 4.62. The van der Waals surface area contributed by atoms with Crippen LogP contribution in [0.1, 0.15) is 55.8 Å². The molecule has 0 spiro atoms. The van der Waals surface area contributed by atoms with Gasteiger partial charge in [0.25, 0.3) is 0 Å². The minimum atomic E-state index is -1.04. The van der Waals surface area contributed by atoms with E-state index >= 15 is 0 Å². The molecule has 0 radical (unpaired) electrons. The van der Waals surface area contributed by atoms with Crippen molar-refractivity contribution in [3.8, 4) is 6.07 Å². The van der Waals surface area contributed by atoms with Gasteiger partial charge in [-0.3, -0.25) is 4.21 Å². The lowest BCUT2D eigenvalue weighted by atomic mass is 9.96. The highest BCUT2D eigenvalue weighted by atomic mass is 32.2. The molecule has 1 aromatic carbocycles. The Morgan fingerprint density at radius 2 is 1.94 bits per heavy atom. The number of hydrogen-bond donors (Lipinski definition) is 1. The summed E-state index contributed by atoms with van der Waals surface area (Å²) < 4.78 is 17.1. The van der Waals surface area contributed by atoms with Gasteiger partial charge in [0.2, 0.25) is 5.89 Å². The van der Waals surface area contributed by atoms with Gasteiger partial charge in [0.05, 0.1) is 0 Å². The number of aromatic nitrogens is 4. The number of nitrogens with one attached hydrogen (secondary N) is 1. The van der Waals surface area contributed by atoms with Gasteiger partial charge in [-0.05, 0) is 37.1 Å². The molecule has 3 aromatic rings. The van der Waals surface area contributed by atoms with Gasteiger partial charge >= 0.3 is 0 Å². The van der Waals surface area contributed by atoms with Gasteiger partial charge in [-0.15, -0.1) is 0 Å². The molecule has 10 heteroatoms. The van der Waals surface area contributed by atoms with E-state index in [0.29, 0.717) is 23.1 Å². The van der Waals surface area contributed by atoms with E-state index in [1.54, 1.807) is 18.4 Å².